The van der Waals surface area contributed by atoms with Crippen molar-refractivity contribution in [3.63, 3.8) is 0 Å². The van der Waals surface area contributed by atoms with Gasteiger partial charge >= 0.3 is 0 Å². The van der Waals surface area contributed by atoms with Crippen LogP contribution in [-0.2, 0) is 9.53 Å². The van der Waals surface area contributed by atoms with Crippen LogP contribution in [0.15, 0.2) is 24.3 Å². The molecule has 1 unspecified atom stereocenters. The Morgan fingerprint density at radius 3 is 2.36 bits per heavy atom. The first-order chi connectivity index (χ1) is 12.6. The van der Waals surface area contributed by atoms with Gasteiger partial charge in [0.1, 0.15) is 6.04 Å². The van der Waals surface area contributed by atoms with Crippen LogP contribution in [-0.4, -0.2) is 50.2 Å². The lowest BCUT2D eigenvalue weighted by Gasteiger charge is -2.42. The molecule has 1 saturated heterocycles. The molecule has 1 aromatic rings. The number of nitrogens with one attached hydrogen (secondary N) is 1. The number of ether oxygens (including phenoxy) is 1. The van der Waals surface area contributed by atoms with Crippen molar-refractivity contribution in [2.24, 2.45) is 11.1 Å². The van der Waals surface area contributed by atoms with E-state index in [0.29, 0.717) is 0 Å². The Hall–Kier alpha value is -0.850. The summed E-state index contributed by atoms with van der Waals surface area (Å²) in [5.41, 5.74) is 8.42. The number of nitrogens with two attached hydrogens (primary N) is 1. The highest BCUT2D eigenvalue weighted by atomic mass is 35.5. The fraction of sp³-hybridized carbons (Fsp3) is 0.667. The van der Waals surface area contributed by atoms with Crippen molar-refractivity contribution in [3.8, 4) is 0 Å². The minimum absolute atomic E-state index is 0. The molecule has 1 amide bonds. The molecule has 1 aliphatic carbocycles. The smallest absolute Gasteiger partial charge is 0.241 e. The van der Waals surface area contributed by atoms with Crippen LogP contribution in [0.25, 0.3) is 0 Å². The zero-order chi connectivity index (χ0) is 18.4. The van der Waals surface area contributed by atoms with E-state index in [9.17, 15) is 4.79 Å². The molecule has 3 rings (SSSR count). The number of amides is 1. The van der Waals surface area contributed by atoms with Gasteiger partial charge in [0.05, 0.1) is 13.2 Å². The molecule has 1 saturated carbocycles. The van der Waals surface area contributed by atoms with E-state index >= 15 is 0 Å². The molecule has 0 aromatic heterocycles. The van der Waals surface area contributed by atoms with Gasteiger partial charge in [0.25, 0.3) is 0 Å². The molecule has 5 nitrogen and oxygen atoms in total. The van der Waals surface area contributed by atoms with Gasteiger partial charge in [0.2, 0.25) is 5.91 Å². The average molecular weight is 432 g/mol. The van der Waals surface area contributed by atoms with Crippen molar-refractivity contribution in [1.82, 2.24) is 10.2 Å². The minimum Gasteiger partial charge on any atom is -0.379 e. The number of hydrogen-bond acceptors (Lipinski definition) is 4. The number of hydrogen-bond donors (Lipinski definition) is 2. The summed E-state index contributed by atoms with van der Waals surface area (Å²) >= 11 is 0. The van der Waals surface area contributed by atoms with Gasteiger partial charge in [-0.15, -0.1) is 24.8 Å². The van der Waals surface area contributed by atoms with E-state index in [4.69, 9.17) is 10.5 Å². The van der Waals surface area contributed by atoms with Gasteiger partial charge in [-0.2, -0.15) is 0 Å². The number of carbonyl (C=O) groups excluding carboxylic acids is 1. The van der Waals surface area contributed by atoms with Crippen molar-refractivity contribution >= 4 is 30.7 Å². The van der Waals surface area contributed by atoms with Crippen molar-refractivity contribution in [2.45, 2.75) is 45.1 Å². The molecule has 0 spiro atoms. The van der Waals surface area contributed by atoms with Gasteiger partial charge < -0.3 is 15.8 Å². The van der Waals surface area contributed by atoms with Crippen molar-refractivity contribution in [3.05, 3.63) is 35.4 Å². The second kappa shape index (κ2) is 12.0. The van der Waals surface area contributed by atoms with Crippen molar-refractivity contribution in [2.75, 3.05) is 39.4 Å². The first-order valence-corrected chi connectivity index (χ1v) is 9.98. The summed E-state index contributed by atoms with van der Waals surface area (Å²) < 4.78 is 5.48. The van der Waals surface area contributed by atoms with E-state index in [2.05, 4.69) is 10.2 Å². The van der Waals surface area contributed by atoms with E-state index < -0.39 is 6.04 Å². The monoisotopic (exact) mass is 431 g/mol. The maximum absolute atomic E-state index is 12.6. The number of aryl methyl sites for hydroxylation is 1. The molecule has 3 N–H and O–H groups in total. The van der Waals surface area contributed by atoms with Crippen LogP contribution in [0, 0.1) is 12.3 Å². The summed E-state index contributed by atoms with van der Waals surface area (Å²) in [6, 6.07) is 7.31. The third-order valence-corrected chi connectivity index (χ3v) is 5.93. The lowest BCUT2D eigenvalue weighted by molar-refractivity contribution is -0.123. The van der Waals surface area contributed by atoms with E-state index in [1.54, 1.807) is 0 Å². The van der Waals surface area contributed by atoms with Crippen LogP contribution < -0.4 is 11.1 Å². The fourth-order valence-electron chi connectivity index (χ4n) is 4.24. The highest BCUT2D eigenvalue weighted by molar-refractivity contribution is 5.85. The van der Waals surface area contributed by atoms with Gasteiger partial charge in [-0.25, -0.2) is 0 Å². The molecule has 7 heteroatoms. The van der Waals surface area contributed by atoms with Crippen LogP contribution in [0.3, 0.4) is 0 Å². The van der Waals surface area contributed by atoms with Crippen LogP contribution in [0.1, 0.15) is 49.3 Å². The summed E-state index contributed by atoms with van der Waals surface area (Å²) in [6.45, 7) is 7.45. The van der Waals surface area contributed by atoms with Gasteiger partial charge in [0, 0.05) is 31.6 Å². The number of nitrogens with zero attached hydrogens (tertiary/aromatic N) is 1. The summed E-state index contributed by atoms with van der Waals surface area (Å²) in [5, 5.41) is 3.17. The van der Waals surface area contributed by atoms with Gasteiger partial charge in [-0.1, -0.05) is 49.1 Å². The molecule has 1 heterocycles. The molecule has 1 aromatic carbocycles. The fourth-order valence-corrected chi connectivity index (χ4v) is 4.24. The first kappa shape index (κ1) is 25.2. The average Bonchev–Trinajstić information content (AvgIpc) is 2.68. The molecule has 1 atom stereocenters. The first-order valence-electron chi connectivity index (χ1n) is 9.98. The topological polar surface area (TPSA) is 67.6 Å². The maximum Gasteiger partial charge on any atom is 0.241 e. The molecule has 160 valence electrons. The Labute approximate surface area is 181 Å². The second-order valence-electron chi connectivity index (χ2n) is 8.06. The predicted octanol–water partition coefficient (Wildman–Crippen LogP) is 3.24. The Morgan fingerprint density at radius 2 is 1.75 bits per heavy atom. The van der Waals surface area contributed by atoms with Crippen molar-refractivity contribution in [1.29, 1.82) is 0 Å². The van der Waals surface area contributed by atoms with Gasteiger partial charge in [0.15, 0.2) is 0 Å². The molecule has 28 heavy (non-hydrogen) atoms. The third kappa shape index (κ3) is 6.89. The molecular weight excluding hydrogens is 397 g/mol. The van der Waals surface area contributed by atoms with E-state index in [0.717, 1.165) is 45.0 Å². The summed E-state index contributed by atoms with van der Waals surface area (Å²) in [7, 11) is 0. The summed E-state index contributed by atoms with van der Waals surface area (Å²) in [6.07, 6.45) is 6.19. The predicted molar refractivity (Wildman–Crippen MR) is 118 cm³/mol. The Morgan fingerprint density at radius 1 is 1.14 bits per heavy atom. The van der Waals surface area contributed by atoms with Crippen molar-refractivity contribution < 1.29 is 9.53 Å². The molecule has 1 aliphatic heterocycles. The lowest BCUT2D eigenvalue weighted by Crippen LogP contribution is -2.50. The zero-order valence-electron chi connectivity index (χ0n) is 16.8. The highest BCUT2D eigenvalue weighted by Gasteiger charge is 2.35. The quantitative estimate of drug-likeness (QED) is 0.725. The normalized spacial score (nSPS) is 20.4. The maximum atomic E-state index is 12.6. The molecular formula is C21H35Cl2N3O2. The van der Waals surface area contributed by atoms with Crippen LogP contribution in [0.2, 0.25) is 0 Å². The highest BCUT2D eigenvalue weighted by Crippen LogP contribution is 2.37. The number of carbonyl (C=O) groups is 1. The van der Waals surface area contributed by atoms with Gasteiger partial charge in [-0.3, -0.25) is 9.69 Å². The number of halogens is 2. The molecule has 2 fully saturated rings. The Bertz CT molecular complexity index is 586. The Balaban J connectivity index is 0.00000196. The van der Waals surface area contributed by atoms with E-state index in [-0.39, 0.29) is 36.1 Å². The molecule has 2 aliphatic rings. The van der Waals surface area contributed by atoms with Crippen LogP contribution in [0.5, 0.6) is 0 Å². The largest absolute Gasteiger partial charge is 0.379 e. The molecule has 0 bridgehead atoms. The lowest BCUT2D eigenvalue weighted by atomic mass is 9.73. The van der Waals surface area contributed by atoms with E-state index in [1.807, 2.05) is 31.2 Å². The summed E-state index contributed by atoms with van der Waals surface area (Å²) in [5.74, 6) is -0.0687. The van der Waals surface area contributed by atoms with Crippen LogP contribution >= 0.6 is 24.8 Å². The minimum atomic E-state index is -0.598. The zero-order valence-corrected chi connectivity index (χ0v) is 18.5. The Kier molecular flexibility index (Phi) is 10.8. The standard InChI is InChI=1S/C21H33N3O2.2ClH/c1-17-5-7-18(8-6-17)19(22)20(25)23-15-21(9-3-2-4-10-21)16-24-11-13-26-14-12-24;;/h5-8,19H,2-4,9-16,22H2,1H3,(H,23,25);2*1H. The summed E-state index contributed by atoms with van der Waals surface area (Å²) in [4.78, 5) is 15.1. The third-order valence-electron chi connectivity index (χ3n) is 5.93. The number of rotatable bonds is 6. The van der Waals surface area contributed by atoms with Crippen LogP contribution in [0.4, 0.5) is 0 Å². The second-order valence-corrected chi connectivity index (χ2v) is 8.06. The van der Waals surface area contributed by atoms with E-state index in [1.165, 1.54) is 37.7 Å². The molecule has 0 radical (unpaired) electrons. The SMILES string of the molecule is Cc1ccc(C(N)C(=O)NCC2(CN3CCOCC3)CCCCC2)cc1.Cl.Cl. The number of benzene rings is 1. The van der Waals surface area contributed by atoms with Gasteiger partial charge in [-0.05, 0) is 25.3 Å². The number of morpholine rings is 1.